The number of rotatable bonds is 6. The summed E-state index contributed by atoms with van der Waals surface area (Å²) in [6.07, 6.45) is 2.81. The molecular formula is C13H23NO2. The van der Waals surface area contributed by atoms with Gasteiger partial charge >= 0.3 is 0 Å². The van der Waals surface area contributed by atoms with Gasteiger partial charge in [0, 0.05) is 0 Å². The van der Waals surface area contributed by atoms with Crippen molar-refractivity contribution in [3.05, 3.63) is 24.2 Å². The highest BCUT2D eigenvalue weighted by molar-refractivity contribution is 5.04. The van der Waals surface area contributed by atoms with Gasteiger partial charge in [-0.15, -0.1) is 0 Å². The van der Waals surface area contributed by atoms with Gasteiger partial charge in [-0.25, -0.2) is 0 Å². The van der Waals surface area contributed by atoms with Crippen LogP contribution in [0.5, 0.6) is 0 Å². The number of furan rings is 1. The van der Waals surface area contributed by atoms with Gasteiger partial charge in [0.15, 0.2) is 0 Å². The normalized spacial score (nSPS) is 14.0. The Bertz CT molecular complexity index is 275. The average Bonchev–Trinajstić information content (AvgIpc) is 2.69. The summed E-state index contributed by atoms with van der Waals surface area (Å²) in [5, 5.41) is 3.43. The van der Waals surface area contributed by atoms with Gasteiger partial charge in [-0.05, 0) is 45.9 Å². The third-order valence-corrected chi connectivity index (χ3v) is 2.21. The highest BCUT2D eigenvalue weighted by atomic mass is 16.5. The van der Waals surface area contributed by atoms with Crippen LogP contribution in [-0.4, -0.2) is 18.8 Å². The zero-order chi connectivity index (χ0) is 12.0. The molecule has 1 aromatic rings. The van der Waals surface area contributed by atoms with Crippen molar-refractivity contribution in [1.29, 1.82) is 0 Å². The summed E-state index contributed by atoms with van der Waals surface area (Å²) in [7, 11) is 0. The van der Waals surface area contributed by atoms with Gasteiger partial charge in [0.25, 0.3) is 0 Å². The van der Waals surface area contributed by atoms with Gasteiger partial charge in [-0.2, -0.15) is 0 Å². The second kappa shape index (κ2) is 6.06. The quantitative estimate of drug-likeness (QED) is 0.807. The van der Waals surface area contributed by atoms with Crippen LogP contribution < -0.4 is 5.32 Å². The van der Waals surface area contributed by atoms with Gasteiger partial charge in [-0.1, -0.05) is 6.92 Å². The summed E-state index contributed by atoms with van der Waals surface area (Å²) >= 11 is 0. The molecule has 0 spiro atoms. The van der Waals surface area contributed by atoms with Gasteiger partial charge in [0.2, 0.25) is 0 Å². The first-order chi connectivity index (χ1) is 7.53. The molecule has 1 heterocycles. The van der Waals surface area contributed by atoms with Crippen molar-refractivity contribution < 1.29 is 9.15 Å². The van der Waals surface area contributed by atoms with Crippen LogP contribution >= 0.6 is 0 Å². The van der Waals surface area contributed by atoms with Crippen LogP contribution in [0.2, 0.25) is 0 Å². The van der Waals surface area contributed by atoms with Crippen molar-refractivity contribution >= 4 is 0 Å². The molecule has 0 aliphatic carbocycles. The SMILES string of the molecule is CCCNC(COC(C)(C)C)c1ccco1. The molecule has 0 saturated carbocycles. The molecule has 16 heavy (non-hydrogen) atoms. The Kier molecular flexibility index (Phi) is 5.03. The van der Waals surface area contributed by atoms with Crippen LogP contribution in [0.1, 0.15) is 45.9 Å². The number of nitrogens with one attached hydrogen (secondary N) is 1. The highest BCUT2D eigenvalue weighted by Gasteiger charge is 2.18. The average molecular weight is 225 g/mol. The second-order valence-corrected chi connectivity index (χ2v) is 4.95. The lowest BCUT2D eigenvalue weighted by Gasteiger charge is -2.24. The number of hydrogen-bond donors (Lipinski definition) is 1. The molecule has 0 saturated heterocycles. The largest absolute Gasteiger partial charge is 0.468 e. The van der Waals surface area contributed by atoms with Crippen LogP contribution in [0.25, 0.3) is 0 Å². The summed E-state index contributed by atoms with van der Waals surface area (Å²) in [5.74, 6) is 0.942. The Labute approximate surface area is 98.2 Å². The lowest BCUT2D eigenvalue weighted by molar-refractivity contribution is -0.0172. The van der Waals surface area contributed by atoms with Crippen molar-refractivity contribution in [2.75, 3.05) is 13.2 Å². The van der Waals surface area contributed by atoms with E-state index in [1.807, 2.05) is 12.1 Å². The van der Waals surface area contributed by atoms with Crippen molar-refractivity contribution in [2.24, 2.45) is 0 Å². The van der Waals surface area contributed by atoms with Crippen LogP contribution in [-0.2, 0) is 4.74 Å². The molecule has 0 aliphatic heterocycles. The lowest BCUT2D eigenvalue weighted by atomic mass is 10.2. The third-order valence-electron chi connectivity index (χ3n) is 2.21. The molecule has 0 fully saturated rings. The minimum Gasteiger partial charge on any atom is -0.468 e. The van der Waals surface area contributed by atoms with Gasteiger partial charge < -0.3 is 14.5 Å². The summed E-state index contributed by atoms with van der Waals surface area (Å²) in [6.45, 7) is 9.94. The molecule has 1 N–H and O–H groups in total. The fourth-order valence-corrected chi connectivity index (χ4v) is 1.38. The fourth-order valence-electron chi connectivity index (χ4n) is 1.38. The molecule has 1 unspecified atom stereocenters. The van der Waals surface area contributed by atoms with E-state index in [1.165, 1.54) is 0 Å². The van der Waals surface area contributed by atoms with Crippen LogP contribution in [0.15, 0.2) is 22.8 Å². The lowest BCUT2D eigenvalue weighted by Crippen LogP contribution is -2.30. The Morgan fingerprint density at radius 3 is 2.69 bits per heavy atom. The van der Waals surface area contributed by atoms with E-state index in [2.05, 4.69) is 33.0 Å². The van der Waals surface area contributed by atoms with Crippen molar-refractivity contribution in [3.63, 3.8) is 0 Å². The van der Waals surface area contributed by atoms with Crippen molar-refractivity contribution in [3.8, 4) is 0 Å². The molecule has 92 valence electrons. The molecule has 0 amide bonds. The predicted octanol–water partition coefficient (Wildman–Crippen LogP) is 3.14. The van der Waals surface area contributed by atoms with Crippen LogP contribution in [0.3, 0.4) is 0 Å². The molecule has 0 radical (unpaired) electrons. The molecule has 1 atom stereocenters. The Morgan fingerprint density at radius 1 is 1.44 bits per heavy atom. The summed E-state index contributed by atoms with van der Waals surface area (Å²) < 4.78 is 11.2. The minimum atomic E-state index is -0.112. The van der Waals surface area contributed by atoms with Crippen molar-refractivity contribution in [1.82, 2.24) is 5.32 Å². The molecule has 1 rings (SSSR count). The Balaban J connectivity index is 2.51. The second-order valence-electron chi connectivity index (χ2n) is 4.95. The Morgan fingerprint density at radius 2 is 2.19 bits per heavy atom. The van der Waals surface area contributed by atoms with E-state index in [-0.39, 0.29) is 11.6 Å². The maximum absolute atomic E-state index is 5.79. The summed E-state index contributed by atoms with van der Waals surface area (Å²) in [4.78, 5) is 0. The predicted molar refractivity (Wildman–Crippen MR) is 65.4 cm³/mol. The molecule has 0 bridgehead atoms. The van der Waals surface area contributed by atoms with E-state index in [1.54, 1.807) is 6.26 Å². The number of hydrogen-bond acceptors (Lipinski definition) is 3. The maximum Gasteiger partial charge on any atom is 0.123 e. The standard InChI is InChI=1S/C13H23NO2/c1-5-8-14-11(10-16-13(2,3)4)12-7-6-9-15-12/h6-7,9,11,14H,5,8,10H2,1-4H3. The first-order valence-electron chi connectivity index (χ1n) is 5.93. The monoisotopic (exact) mass is 225 g/mol. The zero-order valence-corrected chi connectivity index (χ0v) is 10.7. The topological polar surface area (TPSA) is 34.4 Å². The fraction of sp³-hybridized carbons (Fsp3) is 0.692. The van der Waals surface area contributed by atoms with Gasteiger partial charge in [-0.3, -0.25) is 0 Å². The van der Waals surface area contributed by atoms with E-state index in [9.17, 15) is 0 Å². The van der Waals surface area contributed by atoms with E-state index in [0.29, 0.717) is 6.61 Å². The van der Waals surface area contributed by atoms with E-state index >= 15 is 0 Å². The summed E-state index contributed by atoms with van der Waals surface area (Å²) in [6, 6.07) is 4.04. The van der Waals surface area contributed by atoms with E-state index < -0.39 is 0 Å². The molecule has 3 heteroatoms. The highest BCUT2D eigenvalue weighted by Crippen LogP contribution is 2.17. The zero-order valence-electron chi connectivity index (χ0n) is 10.7. The van der Waals surface area contributed by atoms with E-state index in [0.717, 1.165) is 18.7 Å². The minimum absolute atomic E-state index is 0.112. The molecule has 3 nitrogen and oxygen atoms in total. The van der Waals surface area contributed by atoms with Crippen LogP contribution in [0, 0.1) is 0 Å². The molecule has 0 aliphatic rings. The van der Waals surface area contributed by atoms with Crippen LogP contribution in [0.4, 0.5) is 0 Å². The van der Waals surface area contributed by atoms with Crippen molar-refractivity contribution in [2.45, 2.75) is 45.8 Å². The Hall–Kier alpha value is -0.800. The summed E-state index contributed by atoms with van der Waals surface area (Å²) in [5.41, 5.74) is -0.112. The smallest absolute Gasteiger partial charge is 0.123 e. The first kappa shape index (κ1) is 13.3. The number of ether oxygens (including phenoxy) is 1. The molecule has 1 aromatic heterocycles. The molecular weight excluding hydrogens is 202 g/mol. The third kappa shape index (κ3) is 4.81. The van der Waals surface area contributed by atoms with E-state index in [4.69, 9.17) is 9.15 Å². The van der Waals surface area contributed by atoms with Gasteiger partial charge in [0.05, 0.1) is 24.5 Å². The maximum atomic E-state index is 5.79. The molecule has 0 aromatic carbocycles. The first-order valence-corrected chi connectivity index (χ1v) is 5.93. The van der Waals surface area contributed by atoms with Gasteiger partial charge in [0.1, 0.15) is 5.76 Å².